The quantitative estimate of drug-likeness (QED) is 0.478. The predicted octanol–water partition coefficient (Wildman–Crippen LogP) is 2.32. The van der Waals surface area contributed by atoms with Gasteiger partial charge in [0.25, 0.3) is 6.08 Å². The molecule has 0 aliphatic carbocycles. The van der Waals surface area contributed by atoms with Crippen LogP contribution in [0.25, 0.3) is 0 Å². The smallest absolute Gasteiger partial charge is 0.248 e. The second-order valence-electron chi connectivity index (χ2n) is 0.717. The van der Waals surface area contributed by atoms with E-state index in [9.17, 15) is 17.6 Å². The molecule has 0 unspecified atom stereocenters. The molecule has 0 atom stereocenters. The molecule has 0 spiro atoms. The molecule has 0 nitrogen and oxygen atoms in total. The Morgan fingerprint density at radius 3 is 1.25 bits per heavy atom. The van der Waals surface area contributed by atoms with Gasteiger partial charge in [-0.2, -0.15) is 8.78 Å². The molecule has 4 heteroatoms. The van der Waals surface area contributed by atoms with Crippen molar-refractivity contribution in [3.8, 4) is 0 Å². The highest BCUT2D eigenvalue weighted by Crippen LogP contribution is 1.85. The van der Waals surface area contributed by atoms with Crippen molar-refractivity contribution in [1.82, 2.24) is 0 Å². The molecule has 0 bridgehead atoms. The molecule has 0 heterocycles. The van der Waals surface area contributed by atoms with Gasteiger partial charge in [-0.15, -0.1) is 0 Å². The second-order valence-corrected chi connectivity index (χ2v) is 0.717. The Hall–Kier alpha value is -0.540. The van der Waals surface area contributed by atoms with Crippen LogP contribution in [0, 0.1) is 0 Å². The summed E-state index contributed by atoms with van der Waals surface area (Å²) in [5, 5.41) is 0. The summed E-state index contributed by atoms with van der Waals surface area (Å²) in [7, 11) is 0. The van der Waals surface area contributed by atoms with Crippen molar-refractivity contribution in [2.75, 3.05) is 13.3 Å². The van der Waals surface area contributed by atoms with Gasteiger partial charge in [0.1, 0.15) is 13.3 Å². The first-order valence-corrected chi connectivity index (χ1v) is 1.77. The molecule has 0 saturated heterocycles. The van der Waals surface area contributed by atoms with Crippen LogP contribution in [0.4, 0.5) is 17.6 Å². The molecule has 0 amide bonds. The maximum absolute atomic E-state index is 10.3. The summed E-state index contributed by atoms with van der Waals surface area (Å²) in [4.78, 5) is 0. The summed E-state index contributed by atoms with van der Waals surface area (Å²) < 4.78 is 41.0. The van der Waals surface area contributed by atoms with Crippen molar-refractivity contribution < 1.29 is 17.6 Å². The first-order chi connectivity index (χ1) is 3.65. The van der Waals surface area contributed by atoms with Gasteiger partial charge in [0.05, 0.1) is 0 Å². The van der Waals surface area contributed by atoms with Crippen molar-refractivity contribution in [3.63, 3.8) is 0 Å². The first-order valence-electron chi connectivity index (χ1n) is 1.77. The second kappa shape index (κ2) is 9.68. The topological polar surface area (TPSA) is 0 Å². The van der Waals surface area contributed by atoms with Crippen molar-refractivity contribution in [3.05, 3.63) is 12.7 Å². The fourth-order valence-corrected chi connectivity index (χ4v) is 0. The summed E-state index contributed by atoms with van der Waals surface area (Å²) in [6.07, 6.45) is -1.83. The van der Waals surface area contributed by atoms with Gasteiger partial charge in [0.15, 0.2) is 0 Å². The summed E-state index contributed by atoms with van der Waals surface area (Å²) in [6, 6.07) is 0. The Balaban J connectivity index is 0. The molecule has 0 aromatic carbocycles. The number of halogens is 4. The summed E-state index contributed by atoms with van der Waals surface area (Å²) >= 11 is 0. The fourth-order valence-electron chi connectivity index (χ4n) is 0. The minimum atomic E-state index is -1.83. The average Bonchev–Trinajstić information content (AvgIpc) is 1.65. The maximum Gasteiger partial charge on any atom is 0.263 e. The minimum absolute atomic E-state index is 0.847. The van der Waals surface area contributed by atoms with Crippen LogP contribution in [0.2, 0.25) is 0 Å². The number of rotatable bonds is 1. The average molecular weight is 130 g/mol. The predicted molar refractivity (Wildman–Crippen MR) is 23.3 cm³/mol. The van der Waals surface area contributed by atoms with E-state index in [4.69, 9.17) is 0 Å². The Morgan fingerprint density at radius 2 is 1.25 bits per heavy atom. The van der Waals surface area contributed by atoms with Crippen LogP contribution in [0.1, 0.15) is 0 Å². The first kappa shape index (κ1) is 10.4. The third-order valence-electron chi connectivity index (χ3n) is 0.0714. The van der Waals surface area contributed by atoms with E-state index in [1.54, 1.807) is 0 Å². The molecule has 50 valence electrons. The Morgan fingerprint density at radius 1 is 1.12 bits per heavy atom. The molecule has 0 N–H and O–H groups in total. The monoisotopic (exact) mass is 130 g/mol. The van der Waals surface area contributed by atoms with Gasteiger partial charge in [-0.1, -0.05) is 0 Å². The van der Waals surface area contributed by atoms with Crippen LogP contribution in [0.3, 0.4) is 0 Å². The largest absolute Gasteiger partial charge is 0.263 e. The highest BCUT2D eigenvalue weighted by atomic mass is 19.3. The zero-order valence-electron chi connectivity index (χ0n) is 4.13. The van der Waals surface area contributed by atoms with Gasteiger partial charge < -0.3 is 0 Å². The van der Waals surface area contributed by atoms with E-state index in [2.05, 4.69) is 6.58 Å². The van der Waals surface area contributed by atoms with E-state index < -0.39 is 19.4 Å². The molecular formula is C4H6F4. The molecule has 0 radical (unpaired) electrons. The van der Waals surface area contributed by atoms with Crippen molar-refractivity contribution >= 4 is 0 Å². The Kier molecular flexibility index (Phi) is 12.6. The zero-order chi connectivity index (χ0) is 6.99. The van der Waals surface area contributed by atoms with E-state index in [1.165, 1.54) is 0 Å². The summed E-state index contributed by atoms with van der Waals surface area (Å²) in [5.41, 5.74) is 0. The summed E-state index contributed by atoms with van der Waals surface area (Å²) in [5.74, 6) is 0. The van der Waals surface area contributed by atoms with Crippen LogP contribution in [0.15, 0.2) is 12.7 Å². The molecule has 0 aliphatic rings. The standard InChI is InChI=1S/C2H2F2.C2H4F2/c1-2(3)4;3-1-2-4/h1H2;1-2H2. The van der Waals surface area contributed by atoms with E-state index in [-0.39, 0.29) is 0 Å². The number of hydrogen-bond donors (Lipinski definition) is 0. The Labute approximate surface area is 44.8 Å². The van der Waals surface area contributed by atoms with Crippen molar-refractivity contribution in [2.24, 2.45) is 0 Å². The SMILES string of the molecule is C=C(F)F.FCCF. The van der Waals surface area contributed by atoms with E-state index in [1.807, 2.05) is 0 Å². The van der Waals surface area contributed by atoms with Crippen molar-refractivity contribution in [1.29, 1.82) is 0 Å². The van der Waals surface area contributed by atoms with Gasteiger partial charge in [0, 0.05) is 0 Å². The lowest BCUT2D eigenvalue weighted by Crippen LogP contribution is -1.68. The van der Waals surface area contributed by atoms with Crippen molar-refractivity contribution in [2.45, 2.75) is 0 Å². The summed E-state index contributed by atoms with van der Waals surface area (Å²) in [6.45, 7) is 0.528. The molecule has 0 rings (SSSR count). The molecule has 0 aromatic rings. The highest BCUT2D eigenvalue weighted by Gasteiger charge is 1.66. The van der Waals surface area contributed by atoms with E-state index in [0.717, 1.165) is 0 Å². The number of hydrogen-bond acceptors (Lipinski definition) is 0. The van der Waals surface area contributed by atoms with Gasteiger partial charge >= 0.3 is 0 Å². The lowest BCUT2D eigenvalue weighted by molar-refractivity contribution is 0.380. The molecule has 0 fully saturated rings. The van der Waals surface area contributed by atoms with Gasteiger partial charge in [0.2, 0.25) is 0 Å². The van der Waals surface area contributed by atoms with Crippen LogP contribution in [-0.2, 0) is 0 Å². The minimum Gasteiger partial charge on any atom is -0.248 e. The molecule has 8 heavy (non-hydrogen) atoms. The Bertz CT molecular complexity index is 46.0. The molecular weight excluding hydrogens is 124 g/mol. The third-order valence-corrected chi connectivity index (χ3v) is 0.0714. The zero-order valence-corrected chi connectivity index (χ0v) is 4.13. The van der Waals surface area contributed by atoms with E-state index >= 15 is 0 Å². The lowest BCUT2D eigenvalue weighted by atomic mass is 10.9. The maximum atomic E-state index is 10.3. The highest BCUT2D eigenvalue weighted by molar-refractivity contribution is 4.57. The van der Waals surface area contributed by atoms with E-state index in [0.29, 0.717) is 0 Å². The lowest BCUT2D eigenvalue weighted by Gasteiger charge is -1.61. The normalized spacial score (nSPS) is 7.00. The molecule has 0 aromatic heterocycles. The van der Waals surface area contributed by atoms with Crippen LogP contribution >= 0.6 is 0 Å². The molecule has 0 saturated carbocycles. The van der Waals surface area contributed by atoms with Gasteiger partial charge in [-0.05, 0) is 6.58 Å². The van der Waals surface area contributed by atoms with Gasteiger partial charge in [-0.3, -0.25) is 0 Å². The van der Waals surface area contributed by atoms with Gasteiger partial charge in [-0.25, -0.2) is 8.78 Å². The van der Waals surface area contributed by atoms with Crippen LogP contribution in [-0.4, -0.2) is 13.3 Å². The molecule has 0 aliphatic heterocycles. The van der Waals surface area contributed by atoms with Crippen LogP contribution in [0.5, 0.6) is 0 Å². The number of alkyl halides is 2. The third kappa shape index (κ3) is 513. The van der Waals surface area contributed by atoms with Crippen LogP contribution < -0.4 is 0 Å². The fraction of sp³-hybridized carbons (Fsp3) is 0.500.